The summed E-state index contributed by atoms with van der Waals surface area (Å²) in [6.07, 6.45) is 0. The molecule has 2 aromatic rings. The number of para-hydroxylation sites is 1. The minimum absolute atomic E-state index is 0.0851. The number of amidine groups is 1. The number of aliphatic imine (C=N–C) groups is 2. The van der Waals surface area contributed by atoms with E-state index in [1.54, 1.807) is 13.8 Å². The lowest BCUT2D eigenvalue weighted by atomic mass is 10.0. The molecule has 0 aliphatic carbocycles. The van der Waals surface area contributed by atoms with Crippen LogP contribution in [0.2, 0.25) is 0 Å². The van der Waals surface area contributed by atoms with Gasteiger partial charge in [-0.3, -0.25) is 20.0 Å². The first-order valence-electron chi connectivity index (χ1n) is 10.3. The zero-order valence-corrected chi connectivity index (χ0v) is 17.8. The Morgan fingerprint density at radius 2 is 1.59 bits per heavy atom. The minimum atomic E-state index is -0.634. The number of nitrogens with one attached hydrogen (secondary N) is 1. The van der Waals surface area contributed by atoms with Crippen molar-refractivity contribution >= 4 is 35.3 Å². The molecular weight excluding hydrogens is 412 g/mol. The number of esters is 2. The standard InChI is InChI=1S/C23H22N4O5/c1-3-31-21(29)15-11-14(12-16(13-15)22(30)32-4-2)20(28)26-23-25-18-8-6-5-7-17(18)19-24-9-10-27(19)23/h5-8,11-13H,3-4,9-10H2,1-2H3,(H,25,26,28). The van der Waals surface area contributed by atoms with Gasteiger partial charge in [-0.25, -0.2) is 14.6 Å². The molecule has 0 atom stereocenters. The van der Waals surface area contributed by atoms with Crippen LogP contribution < -0.4 is 5.32 Å². The molecule has 1 N–H and O–H groups in total. The van der Waals surface area contributed by atoms with Crippen molar-refractivity contribution in [2.75, 3.05) is 26.3 Å². The van der Waals surface area contributed by atoms with Gasteiger partial charge in [-0.1, -0.05) is 12.1 Å². The van der Waals surface area contributed by atoms with Crippen molar-refractivity contribution in [1.82, 2.24) is 10.2 Å². The Hall–Kier alpha value is -4.01. The van der Waals surface area contributed by atoms with Crippen molar-refractivity contribution < 1.29 is 23.9 Å². The average Bonchev–Trinajstić information content (AvgIpc) is 3.30. The van der Waals surface area contributed by atoms with Crippen molar-refractivity contribution in [1.29, 1.82) is 0 Å². The summed E-state index contributed by atoms with van der Waals surface area (Å²) in [6.45, 7) is 4.85. The molecule has 1 amide bonds. The average molecular weight is 434 g/mol. The van der Waals surface area contributed by atoms with Crippen LogP contribution in [-0.4, -0.2) is 60.8 Å². The quantitative estimate of drug-likeness (QED) is 0.725. The first kappa shape index (κ1) is 21.2. The number of benzene rings is 2. The molecule has 0 aromatic heterocycles. The van der Waals surface area contributed by atoms with Crippen molar-refractivity contribution in [3.05, 3.63) is 64.7 Å². The highest BCUT2D eigenvalue weighted by Gasteiger charge is 2.30. The number of rotatable bonds is 5. The predicted molar refractivity (Wildman–Crippen MR) is 117 cm³/mol. The molecule has 2 aliphatic heterocycles. The number of ether oxygens (including phenoxy) is 2. The van der Waals surface area contributed by atoms with E-state index in [0.717, 1.165) is 11.4 Å². The maximum Gasteiger partial charge on any atom is 0.338 e. The summed E-state index contributed by atoms with van der Waals surface area (Å²) in [5.74, 6) is -0.704. The lowest BCUT2D eigenvalue weighted by Gasteiger charge is -2.27. The summed E-state index contributed by atoms with van der Waals surface area (Å²) in [4.78, 5) is 48.6. The van der Waals surface area contributed by atoms with Crippen LogP contribution in [0.5, 0.6) is 0 Å². The number of hydrogen-bond acceptors (Lipinski definition) is 8. The molecule has 2 aliphatic rings. The molecule has 0 spiro atoms. The Morgan fingerprint density at radius 1 is 0.969 bits per heavy atom. The number of guanidine groups is 1. The van der Waals surface area contributed by atoms with E-state index in [1.807, 2.05) is 29.2 Å². The molecule has 4 rings (SSSR count). The number of nitrogens with zero attached hydrogens (tertiary/aromatic N) is 3. The number of amides is 1. The smallest absolute Gasteiger partial charge is 0.338 e. The number of carbonyl (C=O) groups excluding carboxylic acids is 3. The summed E-state index contributed by atoms with van der Waals surface area (Å²) >= 11 is 0. The summed E-state index contributed by atoms with van der Waals surface area (Å²) in [7, 11) is 0. The molecule has 0 fully saturated rings. The fraction of sp³-hybridized carbons (Fsp3) is 0.261. The van der Waals surface area contributed by atoms with Gasteiger partial charge in [-0.2, -0.15) is 0 Å². The molecule has 32 heavy (non-hydrogen) atoms. The van der Waals surface area contributed by atoms with Crippen molar-refractivity contribution in [2.45, 2.75) is 13.8 Å². The van der Waals surface area contributed by atoms with Crippen LogP contribution in [0.1, 0.15) is 50.5 Å². The SMILES string of the molecule is CCOC(=O)c1cc(C(=O)NC2=Nc3ccccc3C3=NCCN23)cc(C(=O)OCC)c1. The van der Waals surface area contributed by atoms with Gasteiger partial charge in [0.1, 0.15) is 5.84 Å². The van der Waals surface area contributed by atoms with Gasteiger partial charge in [0, 0.05) is 17.7 Å². The Morgan fingerprint density at radius 3 is 2.25 bits per heavy atom. The maximum atomic E-state index is 13.1. The molecular formula is C23H22N4O5. The van der Waals surface area contributed by atoms with E-state index in [0.29, 0.717) is 24.7 Å². The van der Waals surface area contributed by atoms with Gasteiger partial charge in [0.15, 0.2) is 0 Å². The van der Waals surface area contributed by atoms with E-state index >= 15 is 0 Å². The minimum Gasteiger partial charge on any atom is -0.462 e. The van der Waals surface area contributed by atoms with E-state index in [9.17, 15) is 14.4 Å². The summed E-state index contributed by atoms with van der Waals surface area (Å²) in [5, 5.41) is 2.80. The zero-order chi connectivity index (χ0) is 22.7. The number of carbonyl (C=O) groups is 3. The molecule has 0 unspecified atom stereocenters. The molecule has 2 heterocycles. The summed E-state index contributed by atoms with van der Waals surface area (Å²) < 4.78 is 10.1. The van der Waals surface area contributed by atoms with Gasteiger partial charge in [-0.15, -0.1) is 0 Å². The topological polar surface area (TPSA) is 110 Å². The van der Waals surface area contributed by atoms with E-state index in [2.05, 4.69) is 15.3 Å². The largest absolute Gasteiger partial charge is 0.462 e. The molecule has 9 nitrogen and oxygen atoms in total. The Bertz CT molecular complexity index is 1120. The van der Waals surface area contributed by atoms with Crippen LogP contribution >= 0.6 is 0 Å². The van der Waals surface area contributed by atoms with Crippen LogP contribution in [-0.2, 0) is 9.47 Å². The molecule has 0 saturated carbocycles. The number of fused-ring (bicyclic) bond motifs is 3. The van der Waals surface area contributed by atoms with Crippen LogP contribution in [0, 0.1) is 0 Å². The molecule has 0 bridgehead atoms. The van der Waals surface area contributed by atoms with Gasteiger partial charge in [0.2, 0.25) is 5.96 Å². The van der Waals surface area contributed by atoms with Gasteiger partial charge in [0.05, 0.1) is 36.6 Å². The normalized spacial score (nSPS) is 14.0. The third-order valence-electron chi connectivity index (χ3n) is 4.91. The van der Waals surface area contributed by atoms with Crippen LogP contribution in [0.15, 0.2) is 52.4 Å². The maximum absolute atomic E-state index is 13.1. The van der Waals surface area contributed by atoms with E-state index < -0.39 is 17.8 Å². The third kappa shape index (κ3) is 4.09. The number of hydrogen-bond donors (Lipinski definition) is 1. The molecule has 0 radical (unpaired) electrons. The second-order valence-electron chi connectivity index (χ2n) is 7.00. The van der Waals surface area contributed by atoms with E-state index in [1.165, 1.54) is 18.2 Å². The lowest BCUT2D eigenvalue weighted by molar-refractivity contribution is 0.0525. The first-order valence-corrected chi connectivity index (χ1v) is 10.3. The predicted octanol–water partition coefficient (Wildman–Crippen LogP) is 2.53. The Balaban J connectivity index is 1.67. The van der Waals surface area contributed by atoms with Crippen LogP contribution in [0.4, 0.5) is 5.69 Å². The second kappa shape index (κ2) is 9.01. The molecule has 0 saturated heterocycles. The van der Waals surface area contributed by atoms with E-state index in [4.69, 9.17) is 9.47 Å². The van der Waals surface area contributed by atoms with Crippen molar-refractivity contribution in [3.8, 4) is 0 Å². The second-order valence-corrected chi connectivity index (χ2v) is 7.00. The Kier molecular flexibility index (Phi) is 5.98. The summed E-state index contributed by atoms with van der Waals surface area (Å²) in [6, 6.07) is 11.7. The summed E-state index contributed by atoms with van der Waals surface area (Å²) in [5.41, 5.74) is 1.88. The van der Waals surface area contributed by atoms with Crippen LogP contribution in [0.3, 0.4) is 0 Å². The molecule has 2 aromatic carbocycles. The fourth-order valence-electron chi connectivity index (χ4n) is 3.51. The lowest BCUT2D eigenvalue weighted by Crippen LogP contribution is -2.47. The molecule has 9 heteroatoms. The highest BCUT2D eigenvalue weighted by atomic mass is 16.5. The van der Waals surface area contributed by atoms with Gasteiger partial charge in [0.25, 0.3) is 5.91 Å². The third-order valence-corrected chi connectivity index (χ3v) is 4.91. The highest BCUT2D eigenvalue weighted by molar-refractivity contribution is 6.19. The van der Waals surface area contributed by atoms with E-state index in [-0.39, 0.29) is 29.9 Å². The Labute approximate surface area is 184 Å². The van der Waals surface area contributed by atoms with Crippen molar-refractivity contribution in [3.63, 3.8) is 0 Å². The zero-order valence-electron chi connectivity index (χ0n) is 17.8. The molecule has 164 valence electrons. The van der Waals surface area contributed by atoms with Crippen LogP contribution in [0.25, 0.3) is 0 Å². The van der Waals surface area contributed by atoms with Gasteiger partial charge < -0.3 is 9.47 Å². The fourth-order valence-corrected chi connectivity index (χ4v) is 3.51. The van der Waals surface area contributed by atoms with Gasteiger partial charge in [-0.05, 0) is 44.2 Å². The van der Waals surface area contributed by atoms with Crippen molar-refractivity contribution in [2.24, 2.45) is 9.98 Å². The first-order chi connectivity index (χ1) is 15.5. The highest BCUT2D eigenvalue weighted by Crippen LogP contribution is 2.27. The van der Waals surface area contributed by atoms with Gasteiger partial charge >= 0.3 is 11.9 Å². The monoisotopic (exact) mass is 434 g/mol.